The zero-order valence-electron chi connectivity index (χ0n) is 12.8. The van der Waals surface area contributed by atoms with Crippen LogP contribution >= 0.6 is 0 Å². The summed E-state index contributed by atoms with van der Waals surface area (Å²) in [5.74, 6) is -0.218. The van der Waals surface area contributed by atoms with Crippen LogP contribution in [-0.4, -0.2) is 18.1 Å². The fraction of sp³-hybridized carbons (Fsp3) is 0.562. The van der Waals surface area contributed by atoms with Crippen molar-refractivity contribution in [3.05, 3.63) is 34.9 Å². The SMILES string of the molecule is Cc1ccc(C(C)NCC(=O)OC(C)(C)C)c(C)c1. The Morgan fingerprint density at radius 3 is 2.47 bits per heavy atom. The molecule has 1 aromatic rings. The lowest BCUT2D eigenvalue weighted by atomic mass is 10.0. The number of hydrogen-bond acceptors (Lipinski definition) is 3. The molecule has 3 nitrogen and oxygen atoms in total. The number of nitrogens with one attached hydrogen (secondary N) is 1. The Morgan fingerprint density at radius 2 is 1.95 bits per heavy atom. The van der Waals surface area contributed by atoms with Crippen LogP contribution in [0.15, 0.2) is 18.2 Å². The van der Waals surface area contributed by atoms with Gasteiger partial charge in [-0.25, -0.2) is 0 Å². The third-order valence-corrected chi connectivity index (χ3v) is 2.86. The number of rotatable bonds is 4. The number of ether oxygens (including phenoxy) is 1. The highest BCUT2D eigenvalue weighted by atomic mass is 16.6. The average molecular weight is 263 g/mol. The molecule has 0 aliphatic carbocycles. The van der Waals surface area contributed by atoms with E-state index in [4.69, 9.17) is 4.74 Å². The molecular weight excluding hydrogens is 238 g/mol. The maximum atomic E-state index is 11.6. The minimum absolute atomic E-state index is 0.133. The summed E-state index contributed by atoms with van der Waals surface area (Å²) in [7, 11) is 0. The summed E-state index contributed by atoms with van der Waals surface area (Å²) in [6.45, 7) is 12.1. The van der Waals surface area contributed by atoms with Crippen molar-refractivity contribution in [1.29, 1.82) is 0 Å². The summed E-state index contributed by atoms with van der Waals surface area (Å²) in [4.78, 5) is 11.6. The van der Waals surface area contributed by atoms with Gasteiger partial charge in [0.25, 0.3) is 0 Å². The van der Waals surface area contributed by atoms with E-state index in [0.29, 0.717) is 0 Å². The number of benzene rings is 1. The maximum Gasteiger partial charge on any atom is 0.320 e. The number of esters is 1. The molecule has 106 valence electrons. The van der Waals surface area contributed by atoms with Gasteiger partial charge in [0.15, 0.2) is 0 Å². The van der Waals surface area contributed by atoms with Gasteiger partial charge in [-0.2, -0.15) is 0 Å². The van der Waals surface area contributed by atoms with E-state index < -0.39 is 5.60 Å². The predicted molar refractivity (Wildman–Crippen MR) is 78.2 cm³/mol. The van der Waals surface area contributed by atoms with E-state index in [-0.39, 0.29) is 18.6 Å². The highest BCUT2D eigenvalue weighted by Gasteiger charge is 2.17. The van der Waals surface area contributed by atoms with Crippen LogP contribution < -0.4 is 5.32 Å². The number of carbonyl (C=O) groups excluding carboxylic acids is 1. The second-order valence-electron chi connectivity index (χ2n) is 6.05. The predicted octanol–water partition coefficient (Wildman–Crippen LogP) is 3.30. The Hall–Kier alpha value is -1.35. The molecule has 1 aromatic carbocycles. The molecule has 0 bridgehead atoms. The Balaban J connectivity index is 2.56. The molecular formula is C16H25NO2. The first-order chi connectivity index (χ1) is 8.69. The number of hydrogen-bond donors (Lipinski definition) is 1. The minimum Gasteiger partial charge on any atom is -0.459 e. The molecule has 0 aliphatic heterocycles. The van der Waals surface area contributed by atoms with Gasteiger partial charge in [-0.15, -0.1) is 0 Å². The van der Waals surface area contributed by atoms with E-state index in [0.717, 1.165) is 0 Å². The van der Waals surface area contributed by atoms with E-state index in [9.17, 15) is 4.79 Å². The molecule has 1 atom stereocenters. The van der Waals surface area contributed by atoms with Crippen LogP contribution in [0.4, 0.5) is 0 Å². The molecule has 0 heterocycles. The fourth-order valence-electron chi connectivity index (χ4n) is 2.04. The summed E-state index contributed by atoms with van der Waals surface area (Å²) in [6.07, 6.45) is 0. The second kappa shape index (κ2) is 6.20. The van der Waals surface area contributed by atoms with Crippen LogP contribution in [0.5, 0.6) is 0 Å². The summed E-state index contributed by atoms with van der Waals surface area (Å²) < 4.78 is 5.27. The van der Waals surface area contributed by atoms with Gasteiger partial charge in [0, 0.05) is 6.04 Å². The van der Waals surface area contributed by atoms with E-state index >= 15 is 0 Å². The van der Waals surface area contributed by atoms with Crippen LogP contribution in [0, 0.1) is 13.8 Å². The average Bonchev–Trinajstić information content (AvgIpc) is 2.23. The molecule has 0 radical (unpaired) electrons. The molecule has 19 heavy (non-hydrogen) atoms. The third kappa shape index (κ3) is 5.43. The van der Waals surface area contributed by atoms with Crippen molar-refractivity contribution < 1.29 is 9.53 Å². The molecule has 0 aromatic heterocycles. The van der Waals surface area contributed by atoms with Gasteiger partial charge in [-0.1, -0.05) is 23.8 Å². The molecule has 0 aliphatic rings. The molecule has 0 amide bonds. The molecule has 0 spiro atoms. The topological polar surface area (TPSA) is 38.3 Å². The Morgan fingerprint density at radius 1 is 1.32 bits per heavy atom. The first kappa shape index (κ1) is 15.7. The van der Waals surface area contributed by atoms with Gasteiger partial charge in [0.2, 0.25) is 0 Å². The van der Waals surface area contributed by atoms with Crippen molar-refractivity contribution in [3.63, 3.8) is 0 Å². The fourth-order valence-corrected chi connectivity index (χ4v) is 2.04. The highest BCUT2D eigenvalue weighted by molar-refractivity contribution is 5.72. The lowest BCUT2D eigenvalue weighted by molar-refractivity contribution is -0.153. The Bertz CT molecular complexity index is 447. The Labute approximate surface area is 116 Å². The summed E-state index contributed by atoms with van der Waals surface area (Å²) >= 11 is 0. The van der Waals surface area contributed by atoms with Crippen molar-refractivity contribution in [2.24, 2.45) is 0 Å². The van der Waals surface area contributed by atoms with E-state index in [2.05, 4.69) is 44.3 Å². The highest BCUT2D eigenvalue weighted by Crippen LogP contribution is 2.18. The van der Waals surface area contributed by atoms with Gasteiger partial charge in [-0.3, -0.25) is 4.79 Å². The smallest absolute Gasteiger partial charge is 0.320 e. The minimum atomic E-state index is -0.429. The van der Waals surface area contributed by atoms with E-state index in [1.54, 1.807) is 0 Å². The first-order valence-electron chi connectivity index (χ1n) is 6.71. The molecule has 1 rings (SSSR count). The first-order valence-corrected chi connectivity index (χ1v) is 6.71. The van der Waals surface area contributed by atoms with Gasteiger partial charge in [0.05, 0.1) is 6.54 Å². The third-order valence-electron chi connectivity index (χ3n) is 2.86. The van der Waals surface area contributed by atoms with Crippen LogP contribution in [0.25, 0.3) is 0 Å². The summed E-state index contributed by atoms with van der Waals surface area (Å²) in [6, 6.07) is 6.49. The zero-order chi connectivity index (χ0) is 14.6. The molecule has 0 fully saturated rings. The van der Waals surface area contributed by atoms with Crippen molar-refractivity contribution in [2.75, 3.05) is 6.54 Å². The van der Waals surface area contributed by atoms with Crippen LogP contribution in [-0.2, 0) is 9.53 Å². The maximum absolute atomic E-state index is 11.6. The molecule has 0 saturated carbocycles. The molecule has 3 heteroatoms. The number of carbonyl (C=O) groups is 1. The van der Waals surface area contributed by atoms with Gasteiger partial charge in [0.1, 0.15) is 5.60 Å². The van der Waals surface area contributed by atoms with Gasteiger partial charge in [-0.05, 0) is 52.7 Å². The van der Waals surface area contributed by atoms with Crippen LogP contribution in [0.2, 0.25) is 0 Å². The van der Waals surface area contributed by atoms with Crippen molar-refractivity contribution >= 4 is 5.97 Å². The van der Waals surface area contributed by atoms with Gasteiger partial charge >= 0.3 is 5.97 Å². The largest absolute Gasteiger partial charge is 0.459 e. The van der Waals surface area contributed by atoms with Gasteiger partial charge < -0.3 is 10.1 Å². The molecule has 1 N–H and O–H groups in total. The van der Waals surface area contributed by atoms with Crippen molar-refractivity contribution in [2.45, 2.75) is 53.2 Å². The quantitative estimate of drug-likeness (QED) is 0.847. The summed E-state index contributed by atoms with van der Waals surface area (Å²) in [5, 5.41) is 3.21. The molecule has 0 saturated heterocycles. The standard InChI is InChI=1S/C16H25NO2/c1-11-7-8-14(12(2)9-11)13(3)17-10-15(18)19-16(4,5)6/h7-9,13,17H,10H2,1-6H3. The van der Waals surface area contributed by atoms with E-state index in [1.165, 1.54) is 16.7 Å². The van der Waals surface area contributed by atoms with Crippen LogP contribution in [0.1, 0.15) is 50.4 Å². The summed E-state index contributed by atoms with van der Waals surface area (Å²) in [5.41, 5.74) is 3.28. The van der Waals surface area contributed by atoms with Crippen molar-refractivity contribution in [3.8, 4) is 0 Å². The lowest BCUT2D eigenvalue weighted by Gasteiger charge is -2.21. The second-order valence-corrected chi connectivity index (χ2v) is 6.05. The van der Waals surface area contributed by atoms with Crippen molar-refractivity contribution in [1.82, 2.24) is 5.32 Å². The van der Waals surface area contributed by atoms with Crippen LogP contribution in [0.3, 0.4) is 0 Å². The monoisotopic (exact) mass is 263 g/mol. The zero-order valence-corrected chi connectivity index (χ0v) is 12.8. The normalized spacial score (nSPS) is 13.2. The lowest BCUT2D eigenvalue weighted by Crippen LogP contribution is -2.32. The Kier molecular flexibility index (Phi) is 5.12. The number of aryl methyl sites for hydroxylation is 2. The van der Waals surface area contributed by atoms with E-state index in [1.807, 2.05) is 20.8 Å². The molecule has 1 unspecified atom stereocenters.